The third kappa shape index (κ3) is 136. The van der Waals surface area contributed by atoms with Crippen molar-refractivity contribution in [3.63, 3.8) is 0 Å². The monoisotopic (exact) mass is 332 g/mol. The average molecular weight is 332 g/mol. The van der Waals surface area contributed by atoms with Gasteiger partial charge < -0.3 is 20.4 Å². The van der Waals surface area contributed by atoms with Gasteiger partial charge in [-0.15, -0.1) is 0 Å². The first kappa shape index (κ1) is 28.5. The Morgan fingerprint density at radius 3 is 1.05 bits per heavy atom. The van der Waals surface area contributed by atoms with Crippen LogP contribution in [0.5, 0.6) is 0 Å². The maximum absolute atomic E-state index is 8.56. The van der Waals surface area contributed by atoms with E-state index in [1.54, 1.807) is 0 Å². The highest BCUT2D eigenvalue weighted by Crippen LogP contribution is 1.92. The second-order valence-corrected chi connectivity index (χ2v) is 3.65. The van der Waals surface area contributed by atoms with Crippen molar-refractivity contribution in [1.82, 2.24) is 0 Å². The highest BCUT2D eigenvalue weighted by molar-refractivity contribution is 5.53. The smallest absolute Gasteiger partial charge is 0.450 e. The fourth-order valence-corrected chi connectivity index (χ4v) is 0.833. The molecule has 0 spiro atoms. The molecule has 6 N–H and O–H groups in total. The molecule has 10 nitrogen and oxygen atoms in total. The first-order valence-corrected chi connectivity index (χ1v) is 6.66. The molecule has 0 amide bonds. The number of carbonyl (C=O) groups is 2. The molecule has 0 saturated carbocycles. The van der Waals surface area contributed by atoms with Gasteiger partial charge in [-0.1, -0.05) is 39.5 Å². The van der Waals surface area contributed by atoms with Gasteiger partial charge in [-0.25, -0.2) is 19.4 Å². The van der Waals surface area contributed by atoms with Gasteiger partial charge in [0.2, 0.25) is 0 Å². The van der Waals surface area contributed by atoms with Crippen LogP contribution in [-0.2, 0) is 9.78 Å². The summed E-state index contributed by atoms with van der Waals surface area (Å²) < 4.78 is 0. The van der Waals surface area contributed by atoms with E-state index in [9.17, 15) is 0 Å². The lowest BCUT2D eigenvalue weighted by Crippen LogP contribution is -1.86. The van der Waals surface area contributed by atoms with Crippen molar-refractivity contribution in [2.24, 2.45) is 0 Å². The van der Waals surface area contributed by atoms with Crippen LogP contribution >= 0.6 is 0 Å². The highest BCUT2D eigenvalue weighted by Gasteiger charge is 1.82. The molecule has 0 heterocycles. The minimum Gasteiger partial charge on any atom is -0.450 e. The number of unbranched alkanes of at least 4 members (excludes halogenated alkanes) is 4. The number of hydrogen-bond acceptors (Lipinski definition) is 6. The van der Waals surface area contributed by atoms with E-state index in [1.165, 1.54) is 12.8 Å². The summed E-state index contributed by atoms with van der Waals surface area (Å²) >= 11 is 0. The molecule has 0 radical (unpaired) electrons. The molecule has 0 unspecified atom stereocenters. The molecule has 0 aromatic heterocycles. The molecule has 10 heteroatoms. The van der Waals surface area contributed by atoms with Crippen molar-refractivity contribution in [1.29, 1.82) is 0 Å². The molecule has 0 rings (SSSR count). The molecular formula is C12H28O10. The summed E-state index contributed by atoms with van der Waals surface area (Å²) in [4.78, 5) is 24.8. The average Bonchev–Trinajstić information content (AvgIpc) is 2.39. The maximum Gasteiger partial charge on any atom is 0.503 e. The van der Waals surface area contributed by atoms with Gasteiger partial charge in [0.05, 0.1) is 13.2 Å². The number of rotatable bonds is 8. The maximum atomic E-state index is 8.56. The number of hydrogen-bond donors (Lipinski definition) is 6. The molecule has 136 valence electrons. The summed E-state index contributed by atoms with van der Waals surface area (Å²) in [7, 11) is 0. The van der Waals surface area contributed by atoms with Gasteiger partial charge in [0.15, 0.2) is 0 Å². The second-order valence-electron chi connectivity index (χ2n) is 3.65. The van der Waals surface area contributed by atoms with Crippen molar-refractivity contribution in [2.45, 2.75) is 52.4 Å². The first-order chi connectivity index (χ1) is 10.3. The zero-order valence-corrected chi connectivity index (χ0v) is 13.0. The molecule has 22 heavy (non-hydrogen) atoms. The molecule has 0 aliphatic heterocycles. The summed E-state index contributed by atoms with van der Waals surface area (Å²) in [6.07, 6.45) is 2.88. The van der Waals surface area contributed by atoms with E-state index in [0.29, 0.717) is 13.2 Å². The van der Waals surface area contributed by atoms with Crippen LogP contribution in [-0.4, -0.2) is 56.5 Å². The van der Waals surface area contributed by atoms with Crippen molar-refractivity contribution in [3.8, 4) is 0 Å². The fourth-order valence-electron chi connectivity index (χ4n) is 0.833. The predicted octanol–water partition coefficient (Wildman–Crippen LogP) is 3.78. The Balaban J connectivity index is -0.000000102. The zero-order chi connectivity index (χ0) is 18.2. The van der Waals surface area contributed by atoms with E-state index in [0.717, 1.165) is 25.7 Å². The second kappa shape index (κ2) is 31.7. The predicted molar refractivity (Wildman–Crippen MR) is 77.5 cm³/mol. The van der Waals surface area contributed by atoms with Crippen LogP contribution in [0.3, 0.4) is 0 Å². The molecule has 0 bridgehead atoms. The summed E-state index contributed by atoms with van der Waals surface area (Å²) in [5.41, 5.74) is 0. The van der Waals surface area contributed by atoms with Crippen LogP contribution in [0.4, 0.5) is 9.59 Å². The molecule has 0 atom stereocenters. The number of carboxylic acid groups (broad SMARTS) is 4. The third-order valence-electron chi connectivity index (χ3n) is 1.68. The minimum atomic E-state index is -1.83. The Hall–Kier alpha value is -1.62. The molecule has 0 aliphatic carbocycles. The summed E-state index contributed by atoms with van der Waals surface area (Å²) in [5.74, 6) is 0. The molecule has 0 saturated heterocycles. The molecule has 0 aromatic rings. The Bertz CT molecular complexity index is 172. The summed E-state index contributed by atoms with van der Waals surface area (Å²) in [6, 6.07) is 0. The molecule has 0 fully saturated rings. The molecule has 0 aromatic carbocycles. The largest absolute Gasteiger partial charge is 0.503 e. The Morgan fingerprint density at radius 2 is 0.909 bits per heavy atom. The molecule has 0 aliphatic rings. The van der Waals surface area contributed by atoms with Crippen LogP contribution in [0.15, 0.2) is 0 Å². The van der Waals surface area contributed by atoms with Gasteiger partial charge in [0.1, 0.15) is 0 Å². The van der Waals surface area contributed by atoms with Crippen molar-refractivity contribution >= 4 is 12.3 Å². The Labute approximate surface area is 129 Å². The van der Waals surface area contributed by atoms with Crippen LogP contribution in [0, 0.1) is 0 Å². The van der Waals surface area contributed by atoms with Gasteiger partial charge in [0.25, 0.3) is 0 Å². The van der Waals surface area contributed by atoms with E-state index < -0.39 is 12.3 Å². The Kier molecular flexibility index (Phi) is 41.1. The van der Waals surface area contributed by atoms with Crippen LogP contribution in [0.1, 0.15) is 52.4 Å². The van der Waals surface area contributed by atoms with Gasteiger partial charge in [0, 0.05) is 0 Å². The Morgan fingerprint density at radius 1 is 0.682 bits per heavy atom. The van der Waals surface area contributed by atoms with Crippen molar-refractivity contribution in [2.75, 3.05) is 13.2 Å². The van der Waals surface area contributed by atoms with E-state index in [-0.39, 0.29) is 0 Å². The van der Waals surface area contributed by atoms with Gasteiger partial charge in [-0.2, -0.15) is 0 Å². The first-order valence-electron chi connectivity index (χ1n) is 6.66. The zero-order valence-electron chi connectivity index (χ0n) is 13.0. The third-order valence-corrected chi connectivity index (χ3v) is 1.68. The van der Waals surface area contributed by atoms with Crippen LogP contribution < -0.4 is 0 Å². The lowest BCUT2D eigenvalue weighted by atomic mass is 10.3. The van der Waals surface area contributed by atoms with E-state index in [4.69, 9.17) is 40.5 Å². The fraction of sp³-hybridized carbons (Fsp3) is 0.833. The lowest BCUT2D eigenvalue weighted by Gasteiger charge is -1.90. The SMILES string of the molecule is CCCCCOO.CCCCCOO.O=C(O)O.O=C(O)O. The van der Waals surface area contributed by atoms with E-state index in [2.05, 4.69) is 23.6 Å². The topological polar surface area (TPSA) is 174 Å². The standard InChI is InChI=1S/2C5H12O2.2CH2O3/c2*1-2-3-4-5-7-6;2*2-1(3)4/h2*6H,2-5H2,1H3;2*(H2,2,3,4). The van der Waals surface area contributed by atoms with Gasteiger partial charge >= 0.3 is 12.3 Å². The van der Waals surface area contributed by atoms with Crippen LogP contribution in [0.25, 0.3) is 0 Å². The van der Waals surface area contributed by atoms with Gasteiger partial charge in [-0.3, -0.25) is 10.5 Å². The quantitative estimate of drug-likeness (QED) is 0.218. The lowest BCUT2D eigenvalue weighted by molar-refractivity contribution is -0.242. The van der Waals surface area contributed by atoms with Crippen molar-refractivity contribution < 1.29 is 50.3 Å². The highest BCUT2D eigenvalue weighted by atomic mass is 17.1. The van der Waals surface area contributed by atoms with Gasteiger partial charge in [-0.05, 0) is 12.8 Å². The van der Waals surface area contributed by atoms with E-state index in [1.807, 2.05) is 0 Å². The minimum absolute atomic E-state index is 0.480. The summed E-state index contributed by atoms with van der Waals surface area (Å²) in [5, 5.41) is 43.5. The van der Waals surface area contributed by atoms with Crippen LogP contribution in [0.2, 0.25) is 0 Å². The van der Waals surface area contributed by atoms with E-state index >= 15 is 0 Å². The normalized spacial score (nSPS) is 8.18. The van der Waals surface area contributed by atoms with Crippen molar-refractivity contribution in [3.05, 3.63) is 0 Å². The molecular weight excluding hydrogens is 304 g/mol. The summed E-state index contributed by atoms with van der Waals surface area (Å²) in [6.45, 7) is 5.18.